The van der Waals surface area contributed by atoms with Crippen LogP contribution < -0.4 is 10.6 Å². The quantitative estimate of drug-likeness (QED) is 0.793. The van der Waals surface area contributed by atoms with Crippen LogP contribution in [0.1, 0.15) is 12.5 Å². The number of nitrogens with zero attached hydrogens (tertiary/aromatic N) is 3. The van der Waals surface area contributed by atoms with Crippen molar-refractivity contribution in [2.45, 2.75) is 11.3 Å². The van der Waals surface area contributed by atoms with Crippen molar-refractivity contribution in [1.29, 1.82) is 5.26 Å². The number of nitrogens with one attached hydrogen (secondary N) is 2. The van der Waals surface area contributed by atoms with Crippen LogP contribution in [0.3, 0.4) is 0 Å². The summed E-state index contributed by atoms with van der Waals surface area (Å²) < 4.78 is 0.739. The lowest BCUT2D eigenvalue weighted by Crippen LogP contribution is -2.13. The van der Waals surface area contributed by atoms with Gasteiger partial charge in [-0.3, -0.25) is 4.79 Å². The highest BCUT2D eigenvalue weighted by Gasteiger charge is 2.10. The summed E-state index contributed by atoms with van der Waals surface area (Å²) in [5.74, 6) is 0.0814. The summed E-state index contributed by atoms with van der Waals surface area (Å²) in [6.07, 6.45) is 0. The molecular formula is C11H11N5OS3. The summed E-state index contributed by atoms with van der Waals surface area (Å²) in [4.78, 5) is 11.8. The van der Waals surface area contributed by atoms with Crippen LogP contribution in [-0.2, 0) is 4.79 Å². The van der Waals surface area contributed by atoms with E-state index in [0.717, 1.165) is 16.0 Å². The molecule has 0 aliphatic heterocycles. The van der Waals surface area contributed by atoms with Crippen LogP contribution in [0, 0.1) is 11.3 Å². The Morgan fingerprint density at radius 3 is 3.15 bits per heavy atom. The van der Waals surface area contributed by atoms with Crippen LogP contribution in [0.2, 0.25) is 0 Å². The third-order valence-electron chi connectivity index (χ3n) is 2.10. The predicted octanol–water partition coefficient (Wildman–Crippen LogP) is 2.63. The number of carbonyl (C=O) groups excluding carboxylic acids is 1. The van der Waals surface area contributed by atoms with Crippen LogP contribution >= 0.6 is 34.4 Å². The van der Waals surface area contributed by atoms with Gasteiger partial charge in [0, 0.05) is 6.54 Å². The van der Waals surface area contributed by atoms with E-state index >= 15 is 0 Å². The first-order valence-electron chi connectivity index (χ1n) is 5.70. The van der Waals surface area contributed by atoms with Crippen molar-refractivity contribution in [2.24, 2.45) is 0 Å². The molecule has 0 radical (unpaired) electrons. The summed E-state index contributed by atoms with van der Waals surface area (Å²) in [6, 6.07) is 3.71. The molecule has 0 saturated heterocycles. The van der Waals surface area contributed by atoms with Gasteiger partial charge in [0.15, 0.2) is 4.34 Å². The minimum absolute atomic E-state index is 0.158. The van der Waals surface area contributed by atoms with Crippen molar-refractivity contribution in [3.63, 3.8) is 0 Å². The molecule has 0 fully saturated rings. The molecule has 2 rings (SSSR count). The van der Waals surface area contributed by atoms with E-state index < -0.39 is 0 Å². The molecule has 0 unspecified atom stereocenters. The highest BCUT2D eigenvalue weighted by atomic mass is 32.2. The molecule has 0 aromatic carbocycles. The zero-order valence-corrected chi connectivity index (χ0v) is 13.0. The second-order valence-corrected chi connectivity index (χ2v) is 6.63. The average molecular weight is 325 g/mol. The van der Waals surface area contributed by atoms with Crippen molar-refractivity contribution in [2.75, 3.05) is 22.9 Å². The molecule has 0 bridgehead atoms. The lowest BCUT2D eigenvalue weighted by atomic mass is 10.3. The molecule has 6 nitrogen and oxygen atoms in total. The van der Waals surface area contributed by atoms with Crippen LogP contribution in [0.5, 0.6) is 0 Å². The summed E-state index contributed by atoms with van der Waals surface area (Å²) in [7, 11) is 0. The number of nitriles is 1. The smallest absolute Gasteiger partial charge is 0.235 e. The second-order valence-electron chi connectivity index (χ2n) is 3.52. The number of aromatic nitrogens is 2. The molecule has 0 atom stereocenters. The predicted molar refractivity (Wildman–Crippen MR) is 82.5 cm³/mol. The van der Waals surface area contributed by atoms with Crippen molar-refractivity contribution < 1.29 is 4.79 Å². The van der Waals surface area contributed by atoms with Gasteiger partial charge in [-0.2, -0.15) is 5.26 Å². The van der Waals surface area contributed by atoms with Gasteiger partial charge in [0.1, 0.15) is 11.1 Å². The summed E-state index contributed by atoms with van der Waals surface area (Å²) in [5, 5.41) is 25.7. The first-order chi connectivity index (χ1) is 9.72. The van der Waals surface area contributed by atoms with Gasteiger partial charge in [-0.1, -0.05) is 23.1 Å². The fourth-order valence-corrected chi connectivity index (χ4v) is 3.65. The zero-order chi connectivity index (χ0) is 14.4. The Hall–Kier alpha value is -1.63. The van der Waals surface area contributed by atoms with Crippen molar-refractivity contribution in [3.8, 4) is 6.07 Å². The minimum atomic E-state index is -0.158. The molecule has 0 spiro atoms. The summed E-state index contributed by atoms with van der Waals surface area (Å²) in [6.45, 7) is 2.77. The van der Waals surface area contributed by atoms with Gasteiger partial charge in [-0.05, 0) is 18.4 Å². The van der Waals surface area contributed by atoms with E-state index in [9.17, 15) is 4.79 Å². The fraction of sp³-hybridized carbons (Fsp3) is 0.273. The van der Waals surface area contributed by atoms with Crippen LogP contribution in [0.15, 0.2) is 15.8 Å². The lowest BCUT2D eigenvalue weighted by Gasteiger charge is -2.01. The molecule has 2 aromatic rings. The maximum atomic E-state index is 11.8. The summed E-state index contributed by atoms with van der Waals surface area (Å²) >= 11 is 4.08. The Labute approximate surface area is 128 Å². The molecule has 9 heteroatoms. The first-order valence-corrected chi connectivity index (χ1v) is 8.38. The first kappa shape index (κ1) is 14.8. The van der Waals surface area contributed by atoms with Gasteiger partial charge >= 0.3 is 0 Å². The third kappa shape index (κ3) is 3.93. The number of carbonyl (C=O) groups is 1. The number of thioether (sulfide) groups is 1. The molecule has 0 saturated carbocycles. The largest absolute Gasteiger partial charge is 0.360 e. The van der Waals surface area contributed by atoms with Crippen LogP contribution in [0.4, 0.5) is 10.1 Å². The van der Waals surface area contributed by atoms with Crippen LogP contribution in [0.25, 0.3) is 0 Å². The number of thiophene rings is 1. The second kappa shape index (κ2) is 7.23. The van der Waals surface area contributed by atoms with Gasteiger partial charge in [-0.15, -0.1) is 21.5 Å². The SMILES string of the molecule is CCNc1nnc(SCC(=O)Nc2sccc2C#N)s1. The number of hydrogen-bond donors (Lipinski definition) is 2. The van der Waals surface area contributed by atoms with Crippen LogP contribution in [-0.4, -0.2) is 28.4 Å². The molecule has 2 N–H and O–H groups in total. The van der Waals surface area contributed by atoms with Gasteiger partial charge in [0.25, 0.3) is 0 Å². The average Bonchev–Trinajstić information content (AvgIpc) is 3.06. The number of rotatable bonds is 6. The highest BCUT2D eigenvalue weighted by Crippen LogP contribution is 2.26. The summed E-state index contributed by atoms with van der Waals surface area (Å²) in [5.41, 5.74) is 0.485. The molecule has 0 aliphatic carbocycles. The molecular weight excluding hydrogens is 314 g/mol. The molecule has 104 valence electrons. The Balaban J connectivity index is 1.84. The van der Waals surface area contributed by atoms with E-state index in [0.29, 0.717) is 10.6 Å². The molecule has 0 aliphatic rings. The molecule has 1 amide bonds. The third-order valence-corrected chi connectivity index (χ3v) is 4.94. The Morgan fingerprint density at radius 2 is 2.40 bits per heavy atom. The lowest BCUT2D eigenvalue weighted by molar-refractivity contribution is -0.113. The number of hydrogen-bond acceptors (Lipinski definition) is 8. The normalized spacial score (nSPS) is 10.0. The Kier molecular flexibility index (Phi) is 5.34. The van der Waals surface area contributed by atoms with E-state index in [4.69, 9.17) is 5.26 Å². The topological polar surface area (TPSA) is 90.7 Å². The Bertz CT molecular complexity index is 630. The zero-order valence-electron chi connectivity index (χ0n) is 10.5. The Morgan fingerprint density at radius 1 is 1.55 bits per heavy atom. The van der Waals surface area contributed by atoms with E-state index in [2.05, 4.69) is 20.8 Å². The van der Waals surface area contributed by atoms with Crippen molar-refractivity contribution in [3.05, 3.63) is 17.0 Å². The number of amides is 1. The minimum Gasteiger partial charge on any atom is -0.360 e. The number of anilines is 2. The van der Waals surface area contributed by atoms with Gasteiger partial charge in [0.05, 0.1) is 11.3 Å². The van der Waals surface area contributed by atoms with E-state index in [1.807, 2.05) is 13.0 Å². The van der Waals surface area contributed by atoms with E-state index in [1.54, 1.807) is 11.4 Å². The highest BCUT2D eigenvalue weighted by molar-refractivity contribution is 8.01. The van der Waals surface area contributed by atoms with Crippen molar-refractivity contribution in [1.82, 2.24) is 10.2 Å². The maximum Gasteiger partial charge on any atom is 0.235 e. The molecule has 20 heavy (non-hydrogen) atoms. The van der Waals surface area contributed by atoms with E-state index in [1.165, 1.54) is 34.4 Å². The van der Waals surface area contributed by atoms with Crippen molar-refractivity contribution >= 4 is 50.5 Å². The monoisotopic (exact) mass is 325 g/mol. The maximum absolute atomic E-state index is 11.8. The molecule has 2 aromatic heterocycles. The van der Waals surface area contributed by atoms with Gasteiger partial charge < -0.3 is 10.6 Å². The fourth-order valence-electron chi connectivity index (χ4n) is 1.27. The van der Waals surface area contributed by atoms with Gasteiger partial charge in [0.2, 0.25) is 11.0 Å². The van der Waals surface area contributed by atoms with E-state index in [-0.39, 0.29) is 11.7 Å². The van der Waals surface area contributed by atoms with Gasteiger partial charge in [-0.25, -0.2) is 0 Å². The molecule has 2 heterocycles. The standard InChI is InChI=1S/C11H11N5OS3/c1-2-13-10-15-16-11(20-10)19-6-8(17)14-9-7(5-12)3-4-18-9/h3-4H,2,6H2,1H3,(H,13,15)(H,14,17).